The van der Waals surface area contributed by atoms with Gasteiger partial charge >= 0.3 is 0 Å². The van der Waals surface area contributed by atoms with Crippen LogP contribution in [0.4, 0.5) is 0 Å². The number of hydrogen-bond acceptors (Lipinski definition) is 1. The molecule has 0 aromatic heterocycles. The Labute approximate surface area is 129 Å². The highest BCUT2D eigenvalue weighted by Gasteiger charge is 2.41. The summed E-state index contributed by atoms with van der Waals surface area (Å²) in [6, 6.07) is 11.3. The van der Waals surface area contributed by atoms with Gasteiger partial charge in [-0.1, -0.05) is 92.6 Å². The van der Waals surface area contributed by atoms with E-state index in [0.29, 0.717) is 0 Å². The number of allylic oxidation sites excluding steroid dienone is 1. The molecule has 0 spiro atoms. The Morgan fingerprint density at radius 1 is 1.10 bits per heavy atom. The average Bonchev–Trinajstić information content (AvgIpc) is 2.76. The van der Waals surface area contributed by atoms with E-state index >= 15 is 0 Å². The summed E-state index contributed by atoms with van der Waals surface area (Å²) in [5.41, 5.74) is 1.58. The first-order valence-corrected chi connectivity index (χ1v) is 8.63. The lowest BCUT2D eigenvalue weighted by Gasteiger charge is -2.30. The van der Waals surface area contributed by atoms with Crippen molar-refractivity contribution in [3.05, 3.63) is 48.2 Å². The Hall–Kier alpha value is -1.18. The largest absolute Gasteiger partial charge is 0.505 e. The lowest BCUT2D eigenvalue weighted by atomic mass is 9.30. The number of hydrogen-bond donors (Lipinski definition) is 0. The fourth-order valence-electron chi connectivity index (χ4n) is 4.85. The molecular formula is C19H27BO. The Kier molecular flexibility index (Phi) is 5.06. The molecule has 0 radical (unpaired) electrons. The second kappa shape index (κ2) is 7.20. The van der Waals surface area contributed by atoms with Crippen molar-refractivity contribution in [2.45, 2.75) is 56.5 Å². The molecule has 0 aliphatic carbocycles. The average molecular weight is 282 g/mol. The zero-order chi connectivity index (χ0) is 14.5. The molecule has 3 rings (SSSR count). The predicted molar refractivity (Wildman–Crippen MR) is 90.8 cm³/mol. The van der Waals surface area contributed by atoms with E-state index in [0.717, 1.165) is 24.3 Å². The van der Waals surface area contributed by atoms with Gasteiger partial charge in [-0.05, 0) is 11.7 Å². The standard InChI is InChI=1S/C19H27BO/c1-21-15-7-14-20-18-12-5-10-17(11-6-13-18)19(20)16-8-3-2-4-9-16/h2-4,7-9,15,17-19H,5-6,10-14H2,1H3/b15-7-. The molecule has 2 aliphatic rings. The Bertz CT molecular complexity index is 446. The van der Waals surface area contributed by atoms with Crippen molar-refractivity contribution in [1.29, 1.82) is 0 Å². The number of fused-ring (bicyclic) bond motifs is 3. The molecule has 1 aromatic rings. The van der Waals surface area contributed by atoms with Crippen molar-refractivity contribution in [3.8, 4) is 0 Å². The van der Waals surface area contributed by atoms with E-state index in [1.54, 1.807) is 12.7 Å². The number of benzene rings is 1. The third-order valence-electron chi connectivity index (χ3n) is 5.70. The first-order valence-electron chi connectivity index (χ1n) is 8.63. The predicted octanol–water partition coefficient (Wildman–Crippen LogP) is 5.32. The van der Waals surface area contributed by atoms with Crippen LogP contribution in [-0.2, 0) is 4.74 Å². The van der Waals surface area contributed by atoms with Crippen LogP contribution in [0.5, 0.6) is 0 Å². The van der Waals surface area contributed by atoms with Crippen LogP contribution >= 0.6 is 0 Å². The van der Waals surface area contributed by atoms with Crippen LogP contribution in [0.25, 0.3) is 0 Å². The highest BCUT2D eigenvalue weighted by Crippen LogP contribution is 2.48. The quantitative estimate of drug-likeness (QED) is 0.536. The van der Waals surface area contributed by atoms with Crippen LogP contribution in [-0.4, -0.2) is 13.8 Å². The van der Waals surface area contributed by atoms with Gasteiger partial charge in [0.25, 0.3) is 0 Å². The minimum atomic E-state index is 0.753. The fourth-order valence-corrected chi connectivity index (χ4v) is 4.85. The molecule has 21 heavy (non-hydrogen) atoms. The summed E-state index contributed by atoms with van der Waals surface area (Å²) in [6.45, 7) is 0.800. The van der Waals surface area contributed by atoms with Gasteiger partial charge in [0.05, 0.1) is 13.4 Å². The van der Waals surface area contributed by atoms with E-state index in [1.165, 1.54) is 44.8 Å². The van der Waals surface area contributed by atoms with Crippen molar-refractivity contribution in [2.75, 3.05) is 7.11 Å². The first kappa shape index (κ1) is 14.7. The summed E-state index contributed by atoms with van der Waals surface area (Å²) < 4.78 is 5.14. The topological polar surface area (TPSA) is 9.23 Å². The molecule has 0 amide bonds. The van der Waals surface area contributed by atoms with Crippen molar-refractivity contribution in [2.24, 2.45) is 5.92 Å². The lowest BCUT2D eigenvalue weighted by Crippen LogP contribution is -2.30. The monoisotopic (exact) mass is 282 g/mol. The zero-order valence-electron chi connectivity index (χ0n) is 13.2. The van der Waals surface area contributed by atoms with Crippen molar-refractivity contribution >= 4 is 6.71 Å². The SMILES string of the molecule is CO/C=C\CB1C2CCCC(CCC2)C1c1ccccc1. The van der Waals surface area contributed by atoms with Gasteiger partial charge in [0.15, 0.2) is 6.71 Å². The molecule has 2 bridgehead atoms. The van der Waals surface area contributed by atoms with E-state index < -0.39 is 0 Å². The van der Waals surface area contributed by atoms with Crippen LogP contribution < -0.4 is 0 Å². The van der Waals surface area contributed by atoms with Gasteiger partial charge in [-0.2, -0.15) is 0 Å². The molecule has 2 aliphatic heterocycles. The van der Waals surface area contributed by atoms with Gasteiger partial charge in [-0.25, -0.2) is 0 Å². The Morgan fingerprint density at radius 2 is 1.81 bits per heavy atom. The molecule has 1 unspecified atom stereocenters. The maximum atomic E-state index is 5.14. The second-order valence-corrected chi connectivity index (χ2v) is 6.83. The Morgan fingerprint density at radius 3 is 2.48 bits per heavy atom. The molecule has 2 heteroatoms. The fraction of sp³-hybridized carbons (Fsp3) is 0.579. The number of rotatable bonds is 4. The molecule has 0 N–H and O–H groups in total. The summed E-state index contributed by atoms with van der Waals surface area (Å²) in [5.74, 6) is 2.55. The van der Waals surface area contributed by atoms with Crippen LogP contribution in [0, 0.1) is 5.92 Å². The highest BCUT2D eigenvalue weighted by molar-refractivity contribution is 6.62. The molecule has 1 nitrogen and oxygen atoms in total. The highest BCUT2D eigenvalue weighted by atomic mass is 16.5. The van der Waals surface area contributed by atoms with E-state index in [9.17, 15) is 0 Å². The molecule has 112 valence electrons. The van der Waals surface area contributed by atoms with Gasteiger partial charge in [-0.15, -0.1) is 0 Å². The van der Waals surface area contributed by atoms with E-state index in [1.807, 2.05) is 6.26 Å². The van der Waals surface area contributed by atoms with Gasteiger partial charge in [-0.3, -0.25) is 0 Å². The maximum absolute atomic E-state index is 5.14. The number of methoxy groups -OCH3 is 1. The molecule has 1 aromatic carbocycles. The zero-order valence-corrected chi connectivity index (χ0v) is 13.2. The van der Waals surface area contributed by atoms with Crippen LogP contribution in [0.15, 0.2) is 42.7 Å². The minimum absolute atomic E-state index is 0.753. The second-order valence-electron chi connectivity index (χ2n) is 6.83. The third kappa shape index (κ3) is 3.36. The van der Waals surface area contributed by atoms with Crippen molar-refractivity contribution < 1.29 is 4.74 Å². The van der Waals surface area contributed by atoms with E-state index in [-0.39, 0.29) is 0 Å². The summed E-state index contributed by atoms with van der Waals surface area (Å²) in [4.78, 5) is 0. The lowest BCUT2D eigenvalue weighted by molar-refractivity contribution is 0.337. The summed E-state index contributed by atoms with van der Waals surface area (Å²) in [6.07, 6.45) is 13.9. The number of ether oxygens (including phenoxy) is 1. The van der Waals surface area contributed by atoms with Gasteiger partial charge in [0.1, 0.15) is 0 Å². The molecule has 2 heterocycles. The van der Waals surface area contributed by atoms with E-state index in [4.69, 9.17) is 4.74 Å². The molecule has 0 saturated carbocycles. The summed E-state index contributed by atoms with van der Waals surface area (Å²) in [5, 5.41) is 0. The summed E-state index contributed by atoms with van der Waals surface area (Å²) in [7, 11) is 1.75. The summed E-state index contributed by atoms with van der Waals surface area (Å²) >= 11 is 0. The van der Waals surface area contributed by atoms with Gasteiger partial charge in [0.2, 0.25) is 0 Å². The normalized spacial score (nSPS) is 29.4. The smallest absolute Gasteiger partial charge is 0.155 e. The van der Waals surface area contributed by atoms with Crippen LogP contribution in [0.3, 0.4) is 0 Å². The van der Waals surface area contributed by atoms with Gasteiger partial charge < -0.3 is 4.74 Å². The molecule has 2 saturated heterocycles. The van der Waals surface area contributed by atoms with Gasteiger partial charge in [0, 0.05) is 0 Å². The van der Waals surface area contributed by atoms with Crippen LogP contribution in [0.1, 0.15) is 49.9 Å². The molecule has 2 fully saturated rings. The van der Waals surface area contributed by atoms with E-state index in [2.05, 4.69) is 36.4 Å². The molecular weight excluding hydrogens is 255 g/mol. The van der Waals surface area contributed by atoms with Crippen molar-refractivity contribution in [1.82, 2.24) is 0 Å². The molecule has 1 atom stereocenters. The maximum Gasteiger partial charge on any atom is 0.155 e. The first-order chi connectivity index (χ1) is 10.4. The third-order valence-corrected chi connectivity index (χ3v) is 5.70. The van der Waals surface area contributed by atoms with Crippen molar-refractivity contribution in [3.63, 3.8) is 0 Å². The van der Waals surface area contributed by atoms with Crippen LogP contribution in [0.2, 0.25) is 12.1 Å². The Balaban J connectivity index is 1.91. The minimum Gasteiger partial charge on any atom is -0.505 e.